The van der Waals surface area contributed by atoms with Crippen LogP contribution in [0.25, 0.3) is 0 Å². The van der Waals surface area contributed by atoms with Gasteiger partial charge in [0, 0.05) is 19.7 Å². The molecule has 5 nitrogen and oxygen atoms in total. The molecule has 0 spiro atoms. The summed E-state index contributed by atoms with van der Waals surface area (Å²) < 4.78 is 12.7. The van der Waals surface area contributed by atoms with Gasteiger partial charge in [-0.05, 0) is 17.7 Å². The van der Waals surface area contributed by atoms with Crippen LogP contribution in [0.4, 0.5) is 0 Å². The van der Waals surface area contributed by atoms with Gasteiger partial charge in [-0.15, -0.1) is 0 Å². The topological polar surface area (TPSA) is 53.4 Å². The number of nitrogens with zero attached hydrogens (tertiary/aromatic N) is 2. The van der Waals surface area contributed by atoms with Gasteiger partial charge in [0.25, 0.3) is 0 Å². The van der Waals surface area contributed by atoms with Crippen LogP contribution in [0.15, 0.2) is 30.6 Å². The Morgan fingerprint density at radius 3 is 3.00 bits per heavy atom. The highest BCUT2D eigenvalue weighted by molar-refractivity contribution is 6.00. The molecule has 0 amide bonds. The average molecular weight is 258 g/mol. The number of para-hydroxylation sites is 1. The van der Waals surface area contributed by atoms with Crippen LogP contribution < -0.4 is 9.47 Å². The van der Waals surface area contributed by atoms with E-state index in [1.807, 2.05) is 25.4 Å². The molecule has 0 aliphatic carbocycles. The predicted molar refractivity (Wildman–Crippen MR) is 68.7 cm³/mol. The third kappa shape index (κ3) is 2.31. The van der Waals surface area contributed by atoms with Gasteiger partial charge in [-0.25, -0.2) is 0 Å². The highest BCUT2D eigenvalue weighted by atomic mass is 16.6. The van der Waals surface area contributed by atoms with Crippen LogP contribution >= 0.6 is 0 Å². The second-order valence-electron chi connectivity index (χ2n) is 4.45. The van der Waals surface area contributed by atoms with E-state index in [9.17, 15) is 4.79 Å². The van der Waals surface area contributed by atoms with Crippen LogP contribution in [0.2, 0.25) is 0 Å². The monoisotopic (exact) mass is 258 g/mol. The van der Waals surface area contributed by atoms with Crippen LogP contribution in [-0.2, 0) is 13.5 Å². The molecule has 0 atom stereocenters. The van der Waals surface area contributed by atoms with E-state index >= 15 is 0 Å². The van der Waals surface area contributed by atoms with Gasteiger partial charge in [0.05, 0.1) is 11.8 Å². The Morgan fingerprint density at radius 2 is 2.21 bits per heavy atom. The minimum Gasteiger partial charge on any atom is -0.486 e. The second-order valence-corrected chi connectivity index (χ2v) is 4.45. The maximum atomic E-state index is 12.3. The van der Waals surface area contributed by atoms with Crippen molar-refractivity contribution >= 4 is 5.78 Å². The first-order valence-corrected chi connectivity index (χ1v) is 6.13. The minimum atomic E-state index is 0.00958. The third-order valence-corrected chi connectivity index (χ3v) is 2.99. The van der Waals surface area contributed by atoms with Gasteiger partial charge < -0.3 is 9.47 Å². The Labute approximate surface area is 110 Å². The van der Waals surface area contributed by atoms with Gasteiger partial charge >= 0.3 is 0 Å². The number of ether oxygens (including phenoxy) is 2. The van der Waals surface area contributed by atoms with Crippen LogP contribution in [0.3, 0.4) is 0 Å². The predicted octanol–water partition coefficient (Wildman–Crippen LogP) is 1.62. The molecule has 2 heterocycles. The molecule has 1 aromatic heterocycles. The number of rotatable bonds is 3. The van der Waals surface area contributed by atoms with E-state index in [0.29, 0.717) is 36.7 Å². The Kier molecular flexibility index (Phi) is 2.95. The molecular formula is C14H14N2O3. The first-order chi connectivity index (χ1) is 9.24. The van der Waals surface area contributed by atoms with Crippen LogP contribution in [0.5, 0.6) is 11.5 Å². The quantitative estimate of drug-likeness (QED) is 0.785. The molecule has 98 valence electrons. The number of fused-ring (bicyclic) bond motifs is 1. The lowest BCUT2D eigenvalue weighted by molar-refractivity contribution is 0.0982. The SMILES string of the molecule is Cn1cc(CC(=O)c2cccc3c2OCCO3)cn1. The fraction of sp³-hybridized carbons (Fsp3) is 0.286. The number of hydrogen-bond donors (Lipinski definition) is 0. The average Bonchev–Trinajstić information content (AvgIpc) is 2.83. The molecule has 0 saturated carbocycles. The lowest BCUT2D eigenvalue weighted by Crippen LogP contribution is -2.18. The molecule has 0 radical (unpaired) electrons. The van der Waals surface area contributed by atoms with E-state index in [4.69, 9.17) is 9.47 Å². The largest absolute Gasteiger partial charge is 0.486 e. The fourth-order valence-electron chi connectivity index (χ4n) is 2.14. The number of aryl methyl sites for hydroxylation is 1. The first-order valence-electron chi connectivity index (χ1n) is 6.13. The number of aromatic nitrogens is 2. The zero-order valence-electron chi connectivity index (χ0n) is 10.6. The molecule has 1 aliphatic heterocycles. The molecule has 1 aliphatic rings. The molecule has 1 aromatic carbocycles. The van der Waals surface area contributed by atoms with Crippen molar-refractivity contribution in [1.82, 2.24) is 9.78 Å². The van der Waals surface area contributed by atoms with E-state index < -0.39 is 0 Å². The number of benzene rings is 1. The highest BCUT2D eigenvalue weighted by Gasteiger charge is 2.20. The van der Waals surface area contributed by atoms with Gasteiger partial charge in [-0.3, -0.25) is 9.48 Å². The smallest absolute Gasteiger partial charge is 0.172 e. The molecular weight excluding hydrogens is 244 g/mol. The molecule has 19 heavy (non-hydrogen) atoms. The summed E-state index contributed by atoms with van der Waals surface area (Å²) in [4.78, 5) is 12.3. The van der Waals surface area contributed by atoms with Crippen LogP contribution in [0, 0.1) is 0 Å². The van der Waals surface area contributed by atoms with Crippen molar-refractivity contribution < 1.29 is 14.3 Å². The lowest BCUT2D eigenvalue weighted by atomic mass is 10.0. The summed E-state index contributed by atoms with van der Waals surface area (Å²) in [6.07, 6.45) is 3.85. The van der Waals surface area contributed by atoms with Crippen molar-refractivity contribution in [2.75, 3.05) is 13.2 Å². The van der Waals surface area contributed by atoms with Crippen LogP contribution in [-0.4, -0.2) is 28.8 Å². The van der Waals surface area contributed by atoms with E-state index in [0.717, 1.165) is 5.56 Å². The summed E-state index contributed by atoms with van der Waals surface area (Å²) >= 11 is 0. The third-order valence-electron chi connectivity index (χ3n) is 2.99. The summed E-state index contributed by atoms with van der Waals surface area (Å²) in [6.45, 7) is 0.997. The normalized spacial score (nSPS) is 13.3. The zero-order valence-corrected chi connectivity index (χ0v) is 10.6. The second kappa shape index (κ2) is 4.76. The molecule has 5 heteroatoms. The maximum Gasteiger partial charge on any atom is 0.172 e. The van der Waals surface area contributed by atoms with E-state index in [2.05, 4.69) is 5.10 Å². The van der Waals surface area contributed by atoms with Gasteiger partial charge in [0.2, 0.25) is 0 Å². The minimum absolute atomic E-state index is 0.00958. The molecule has 0 fully saturated rings. The molecule has 3 rings (SSSR count). The van der Waals surface area contributed by atoms with E-state index in [-0.39, 0.29) is 5.78 Å². The molecule has 0 bridgehead atoms. The van der Waals surface area contributed by atoms with Gasteiger partial charge in [0.1, 0.15) is 13.2 Å². The zero-order chi connectivity index (χ0) is 13.2. The fourth-order valence-corrected chi connectivity index (χ4v) is 2.14. The first kappa shape index (κ1) is 11.8. The highest BCUT2D eigenvalue weighted by Crippen LogP contribution is 2.34. The molecule has 0 N–H and O–H groups in total. The van der Waals surface area contributed by atoms with Crippen molar-refractivity contribution in [2.24, 2.45) is 7.05 Å². The number of hydrogen-bond acceptors (Lipinski definition) is 4. The van der Waals surface area contributed by atoms with Crippen LogP contribution in [0.1, 0.15) is 15.9 Å². The number of Topliss-reactive ketones (excluding diaryl/α,β-unsaturated/α-hetero) is 1. The summed E-state index contributed by atoms with van der Waals surface area (Å²) in [5.41, 5.74) is 1.46. The maximum absolute atomic E-state index is 12.3. The molecule has 2 aromatic rings. The van der Waals surface area contributed by atoms with E-state index in [1.165, 1.54) is 0 Å². The van der Waals surface area contributed by atoms with Crippen molar-refractivity contribution in [3.05, 3.63) is 41.7 Å². The van der Waals surface area contributed by atoms with Gasteiger partial charge in [-0.1, -0.05) is 6.07 Å². The van der Waals surface area contributed by atoms with E-state index in [1.54, 1.807) is 16.9 Å². The summed E-state index contributed by atoms with van der Waals surface area (Å²) in [5.74, 6) is 1.21. The summed E-state index contributed by atoms with van der Waals surface area (Å²) in [7, 11) is 1.83. The van der Waals surface area contributed by atoms with Gasteiger partial charge in [-0.2, -0.15) is 5.10 Å². The van der Waals surface area contributed by atoms with Crippen molar-refractivity contribution in [2.45, 2.75) is 6.42 Å². The number of carbonyl (C=O) groups is 1. The Bertz CT molecular complexity index is 619. The Morgan fingerprint density at radius 1 is 1.37 bits per heavy atom. The van der Waals surface area contributed by atoms with Crippen molar-refractivity contribution in [1.29, 1.82) is 0 Å². The van der Waals surface area contributed by atoms with Crippen molar-refractivity contribution in [3.63, 3.8) is 0 Å². The Hall–Kier alpha value is -2.30. The number of carbonyl (C=O) groups excluding carboxylic acids is 1. The van der Waals surface area contributed by atoms with Crippen molar-refractivity contribution in [3.8, 4) is 11.5 Å². The molecule has 0 unspecified atom stereocenters. The number of ketones is 1. The standard InChI is InChI=1S/C14H14N2O3/c1-16-9-10(8-15-16)7-12(17)11-3-2-4-13-14(11)19-6-5-18-13/h2-4,8-9H,5-7H2,1H3. The van der Waals surface area contributed by atoms with Gasteiger partial charge in [0.15, 0.2) is 17.3 Å². The summed E-state index contributed by atoms with van der Waals surface area (Å²) in [6, 6.07) is 5.39. The summed E-state index contributed by atoms with van der Waals surface area (Å²) in [5, 5.41) is 4.06. The Balaban J connectivity index is 1.87. The molecule has 0 saturated heterocycles. The lowest BCUT2D eigenvalue weighted by Gasteiger charge is -2.20.